The molecule has 0 aliphatic heterocycles. The maximum atomic E-state index is 12.9. The third kappa shape index (κ3) is 2.63. The quantitative estimate of drug-likeness (QED) is 0.482. The smallest absolute Gasteiger partial charge is 0.352 e. The van der Waals surface area contributed by atoms with Crippen LogP contribution in [-0.2, 0) is 6.42 Å². The van der Waals surface area contributed by atoms with Crippen molar-refractivity contribution in [2.75, 3.05) is 7.11 Å². The molecule has 0 bridgehead atoms. The van der Waals surface area contributed by atoms with E-state index in [2.05, 4.69) is 4.98 Å². The second kappa shape index (κ2) is 6.84. The Hall–Kier alpha value is -3.62. The molecule has 1 aromatic heterocycles. The fourth-order valence-corrected chi connectivity index (χ4v) is 3.32. The summed E-state index contributed by atoms with van der Waals surface area (Å²) in [6, 6.07) is 0.690. The first-order valence-corrected chi connectivity index (χ1v) is 8.49. The number of phenolic OH excluding ortho intramolecular Hbond substituents is 2. The SMILES string of the molecule is CCCCc1c(O)c2c(c(O)c1OC)C(=O)c1[nH]c(C(=O)O)cc(=O)c1C2=O. The third-order valence-corrected chi connectivity index (χ3v) is 4.65. The van der Waals surface area contributed by atoms with Crippen LogP contribution in [0.2, 0.25) is 0 Å². The first-order chi connectivity index (χ1) is 13.2. The zero-order chi connectivity index (χ0) is 20.7. The topological polar surface area (TPSA) is 154 Å². The maximum absolute atomic E-state index is 12.9. The van der Waals surface area contributed by atoms with Crippen LogP contribution < -0.4 is 10.2 Å². The Labute approximate surface area is 158 Å². The van der Waals surface area contributed by atoms with Gasteiger partial charge in [0.25, 0.3) is 0 Å². The van der Waals surface area contributed by atoms with Gasteiger partial charge in [-0.2, -0.15) is 0 Å². The number of hydrogen-bond donors (Lipinski definition) is 4. The summed E-state index contributed by atoms with van der Waals surface area (Å²) in [6.07, 6.45) is 1.65. The molecule has 0 amide bonds. The lowest BCUT2D eigenvalue weighted by atomic mass is 9.83. The summed E-state index contributed by atoms with van der Waals surface area (Å²) >= 11 is 0. The number of benzene rings is 1. The van der Waals surface area contributed by atoms with E-state index in [-0.39, 0.29) is 17.7 Å². The highest BCUT2D eigenvalue weighted by atomic mass is 16.5. The number of methoxy groups -OCH3 is 1. The van der Waals surface area contributed by atoms with Gasteiger partial charge in [-0.05, 0) is 12.8 Å². The number of unbranched alkanes of at least 4 members (excludes halogenated alkanes) is 1. The van der Waals surface area contributed by atoms with Crippen LogP contribution in [0.1, 0.15) is 67.8 Å². The van der Waals surface area contributed by atoms with Gasteiger partial charge < -0.3 is 25.0 Å². The van der Waals surface area contributed by atoms with Gasteiger partial charge in [-0.3, -0.25) is 14.4 Å². The summed E-state index contributed by atoms with van der Waals surface area (Å²) in [5.74, 6) is -4.79. The number of aromatic hydroxyl groups is 2. The molecule has 146 valence electrons. The summed E-state index contributed by atoms with van der Waals surface area (Å²) in [5.41, 5.74) is -3.56. The highest BCUT2D eigenvalue weighted by molar-refractivity contribution is 6.30. The van der Waals surface area contributed by atoms with E-state index >= 15 is 0 Å². The molecule has 0 atom stereocenters. The number of ether oxygens (including phenoxy) is 1. The minimum atomic E-state index is -1.49. The third-order valence-electron chi connectivity index (χ3n) is 4.65. The fraction of sp³-hybridized carbons (Fsp3) is 0.263. The molecule has 9 heteroatoms. The molecular formula is C19H17NO8. The average molecular weight is 387 g/mol. The summed E-state index contributed by atoms with van der Waals surface area (Å²) in [4.78, 5) is 51.6. The van der Waals surface area contributed by atoms with Crippen LogP contribution in [0.5, 0.6) is 17.2 Å². The predicted octanol–water partition coefficient (Wildman–Crippen LogP) is 1.61. The molecule has 1 aliphatic rings. The number of H-pyrrole nitrogens is 1. The molecule has 28 heavy (non-hydrogen) atoms. The number of rotatable bonds is 5. The summed E-state index contributed by atoms with van der Waals surface area (Å²) < 4.78 is 5.14. The molecule has 0 unspecified atom stereocenters. The molecular weight excluding hydrogens is 370 g/mol. The lowest BCUT2D eigenvalue weighted by Gasteiger charge is -2.23. The number of hydrogen-bond acceptors (Lipinski definition) is 7. The van der Waals surface area contributed by atoms with Crippen molar-refractivity contribution in [3.05, 3.63) is 49.9 Å². The number of aromatic amines is 1. The van der Waals surface area contributed by atoms with Gasteiger partial charge in [0.1, 0.15) is 17.1 Å². The number of carbonyl (C=O) groups excluding carboxylic acids is 2. The van der Waals surface area contributed by atoms with Crippen molar-refractivity contribution in [1.82, 2.24) is 4.98 Å². The standard InChI is InChI=1S/C19H17NO8/c1-3-4-5-7-14(22)11-12(17(25)18(7)28-2)16(24)13-10(15(11)23)9(21)6-8(20-13)19(26)27/h6,22,25H,3-5H2,1-2H3,(H,20,21)(H,26,27). The van der Waals surface area contributed by atoms with Gasteiger partial charge >= 0.3 is 5.97 Å². The number of fused-ring (bicyclic) bond motifs is 2. The van der Waals surface area contributed by atoms with Crippen LogP contribution in [-0.4, -0.2) is 44.9 Å². The zero-order valence-electron chi connectivity index (χ0n) is 15.1. The highest BCUT2D eigenvalue weighted by Crippen LogP contribution is 2.46. The molecule has 1 aliphatic carbocycles. The minimum absolute atomic E-state index is 0.147. The molecule has 9 nitrogen and oxygen atoms in total. The summed E-state index contributed by atoms with van der Waals surface area (Å²) in [7, 11) is 1.24. The Kier molecular flexibility index (Phi) is 4.68. The number of aromatic nitrogens is 1. The van der Waals surface area contributed by atoms with Gasteiger partial charge in [0.05, 0.1) is 23.8 Å². The van der Waals surface area contributed by atoms with E-state index in [4.69, 9.17) is 9.84 Å². The molecule has 0 fully saturated rings. The van der Waals surface area contributed by atoms with Gasteiger partial charge in [0.2, 0.25) is 11.6 Å². The van der Waals surface area contributed by atoms with Gasteiger partial charge in [0.15, 0.2) is 16.9 Å². The number of carboxylic acid groups (broad SMARTS) is 1. The van der Waals surface area contributed by atoms with Crippen LogP contribution in [0.4, 0.5) is 0 Å². The van der Waals surface area contributed by atoms with E-state index in [1.165, 1.54) is 7.11 Å². The number of nitrogens with one attached hydrogen (secondary N) is 1. The molecule has 0 radical (unpaired) electrons. The van der Waals surface area contributed by atoms with E-state index in [1.54, 1.807) is 0 Å². The van der Waals surface area contributed by atoms with E-state index in [9.17, 15) is 29.4 Å². The molecule has 4 N–H and O–H groups in total. The Morgan fingerprint density at radius 1 is 1.07 bits per heavy atom. The van der Waals surface area contributed by atoms with Crippen molar-refractivity contribution in [3.63, 3.8) is 0 Å². The second-order valence-electron chi connectivity index (χ2n) is 6.32. The van der Waals surface area contributed by atoms with E-state index in [0.29, 0.717) is 12.5 Å². The number of phenols is 2. The van der Waals surface area contributed by atoms with Crippen LogP contribution in [0.15, 0.2) is 10.9 Å². The van der Waals surface area contributed by atoms with Crippen molar-refractivity contribution in [2.45, 2.75) is 26.2 Å². The van der Waals surface area contributed by atoms with Crippen molar-refractivity contribution < 1.29 is 34.4 Å². The van der Waals surface area contributed by atoms with Crippen molar-refractivity contribution in [3.8, 4) is 17.2 Å². The van der Waals surface area contributed by atoms with E-state index < -0.39 is 62.5 Å². The minimum Gasteiger partial charge on any atom is -0.507 e. The van der Waals surface area contributed by atoms with Gasteiger partial charge in [0, 0.05) is 11.6 Å². The maximum Gasteiger partial charge on any atom is 0.352 e. The Bertz CT molecular complexity index is 1100. The van der Waals surface area contributed by atoms with Gasteiger partial charge in [-0.15, -0.1) is 0 Å². The second-order valence-corrected chi connectivity index (χ2v) is 6.32. The normalized spacial score (nSPS) is 12.5. The lowest BCUT2D eigenvalue weighted by Crippen LogP contribution is -2.31. The lowest BCUT2D eigenvalue weighted by molar-refractivity contribution is 0.0689. The first-order valence-electron chi connectivity index (χ1n) is 8.49. The number of aromatic carboxylic acids is 1. The molecule has 1 heterocycles. The fourth-order valence-electron chi connectivity index (χ4n) is 3.32. The monoisotopic (exact) mass is 387 g/mol. The highest BCUT2D eigenvalue weighted by Gasteiger charge is 2.40. The van der Waals surface area contributed by atoms with Crippen LogP contribution >= 0.6 is 0 Å². The Balaban J connectivity index is 2.37. The predicted molar refractivity (Wildman–Crippen MR) is 95.8 cm³/mol. The molecule has 0 spiro atoms. The van der Waals surface area contributed by atoms with Crippen LogP contribution in [0.25, 0.3) is 0 Å². The molecule has 2 aromatic rings. The molecule has 3 rings (SSSR count). The number of pyridine rings is 1. The Morgan fingerprint density at radius 2 is 1.71 bits per heavy atom. The molecule has 1 aromatic carbocycles. The number of carboxylic acids is 1. The largest absolute Gasteiger partial charge is 0.507 e. The van der Waals surface area contributed by atoms with Crippen molar-refractivity contribution >= 4 is 17.5 Å². The van der Waals surface area contributed by atoms with Crippen molar-refractivity contribution in [2.24, 2.45) is 0 Å². The molecule has 0 saturated heterocycles. The van der Waals surface area contributed by atoms with E-state index in [0.717, 1.165) is 6.42 Å². The summed E-state index contributed by atoms with van der Waals surface area (Å²) in [6.45, 7) is 1.91. The number of carbonyl (C=O) groups is 3. The van der Waals surface area contributed by atoms with Crippen LogP contribution in [0.3, 0.4) is 0 Å². The van der Waals surface area contributed by atoms with Crippen LogP contribution in [0, 0.1) is 0 Å². The van der Waals surface area contributed by atoms with Crippen molar-refractivity contribution in [1.29, 1.82) is 0 Å². The molecule has 0 saturated carbocycles. The number of ketones is 2. The van der Waals surface area contributed by atoms with Gasteiger partial charge in [-0.1, -0.05) is 13.3 Å². The van der Waals surface area contributed by atoms with E-state index in [1.807, 2.05) is 6.92 Å². The first kappa shape index (κ1) is 19.2. The van der Waals surface area contributed by atoms with Gasteiger partial charge in [-0.25, -0.2) is 4.79 Å². The Morgan fingerprint density at radius 3 is 2.29 bits per heavy atom. The summed E-state index contributed by atoms with van der Waals surface area (Å²) in [5, 5.41) is 30.3. The zero-order valence-corrected chi connectivity index (χ0v) is 15.1. The average Bonchev–Trinajstić information content (AvgIpc) is 2.65.